The minimum atomic E-state index is 0.360. The number of hydrogen-bond donors (Lipinski definition) is 1. The van der Waals surface area contributed by atoms with Crippen molar-refractivity contribution < 1.29 is 4.79 Å². The summed E-state index contributed by atoms with van der Waals surface area (Å²) in [6, 6.07) is 0.360. The number of nitrogens with zero attached hydrogens (tertiary/aromatic N) is 1. The number of carbonyl (C=O) groups is 1. The number of carbonyl (C=O) groups excluding carboxylic acids is 1. The van der Waals surface area contributed by atoms with E-state index in [1.807, 2.05) is 11.9 Å². The summed E-state index contributed by atoms with van der Waals surface area (Å²) in [5, 5.41) is 3.12. The van der Waals surface area contributed by atoms with Gasteiger partial charge in [-0.15, -0.1) is 0 Å². The van der Waals surface area contributed by atoms with Gasteiger partial charge < -0.3 is 10.2 Å². The van der Waals surface area contributed by atoms with Gasteiger partial charge in [-0.3, -0.25) is 4.79 Å². The van der Waals surface area contributed by atoms with Crippen molar-refractivity contribution >= 4 is 5.91 Å². The first kappa shape index (κ1) is 9.00. The highest BCUT2D eigenvalue weighted by Crippen LogP contribution is 2.46. The Bertz CT molecular complexity index is 217. The number of rotatable bonds is 3. The van der Waals surface area contributed by atoms with Gasteiger partial charge in [0.2, 0.25) is 5.91 Å². The summed E-state index contributed by atoms with van der Waals surface area (Å²) in [6.45, 7) is 4.00. The molecule has 0 bridgehead atoms. The fourth-order valence-electron chi connectivity index (χ4n) is 2.34. The number of piperidine rings is 1. The second-order valence-electron chi connectivity index (χ2n) is 4.33. The lowest BCUT2D eigenvalue weighted by Gasteiger charge is -2.32. The molecule has 13 heavy (non-hydrogen) atoms. The van der Waals surface area contributed by atoms with Crippen LogP contribution in [-0.4, -0.2) is 37.0 Å². The van der Waals surface area contributed by atoms with Crippen molar-refractivity contribution in [3.8, 4) is 0 Å². The van der Waals surface area contributed by atoms with Crippen LogP contribution in [0.25, 0.3) is 0 Å². The Kier molecular flexibility index (Phi) is 2.28. The average molecular weight is 182 g/mol. The van der Waals surface area contributed by atoms with Crippen molar-refractivity contribution in [1.29, 1.82) is 0 Å². The predicted octanol–water partition coefficient (Wildman–Crippen LogP) is 0.463. The summed E-state index contributed by atoms with van der Waals surface area (Å²) in [5.41, 5.74) is 0. The Balaban J connectivity index is 1.94. The van der Waals surface area contributed by atoms with Gasteiger partial charge in [0.1, 0.15) is 0 Å². The summed E-state index contributed by atoms with van der Waals surface area (Å²) in [6.07, 6.45) is 2.38. The summed E-state index contributed by atoms with van der Waals surface area (Å²) in [5.74, 6) is 1.54. The molecule has 74 valence electrons. The molecule has 3 nitrogen and oxygen atoms in total. The van der Waals surface area contributed by atoms with E-state index in [1.54, 1.807) is 0 Å². The maximum atomic E-state index is 11.8. The molecule has 1 heterocycles. The van der Waals surface area contributed by atoms with Crippen LogP contribution < -0.4 is 5.32 Å². The van der Waals surface area contributed by atoms with Crippen LogP contribution in [0.1, 0.15) is 19.8 Å². The summed E-state index contributed by atoms with van der Waals surface area (Å²) in [4.78, 5) is 13.8. The van der Waals surface area contributed by atoms with E-state index in [0.29, 0.717) is 17.9 Å². The molecule has 3 atom stereocenters. The van der Waals surface area contributed by atoms with Crippen molar-refractivity contribution in [2.24, 2.45) is 11.8 Å². The molecule has 3 unspecified atom stereocenters. The smallest absolute Gasteiger partial charge is 0.226 e. The number of fused-ring (bicyclic) bond motifs is 1. The van der Waals surface area contributed by atoms with Crippen molar-refractivity contribution in [2.45, 2.75) is 25.8 Å². The molecule has 0 spiro atoms. The lowest BCUT2D eigenvalue weighted by Crippen LogP contribution is -2.46. The standard InChI is InChI=1S/C10H18N2O/c1-7(6-11-2)12-4-3-8-5-9(8)10(12)13/h7-9,11H,3-6H2,1-2H3. The molecule has 2 rings (SSSR count). The van der Waals surface area contributed by atoms with Gasteiger partial charge in [0, 0.05) is 25.0 Å². The zero-order valence-corrected chi connectivity index (χ0v) is 8.42. The molecule has 2 fully saturated rings. The first-order valence-electron chi connectivity index (χ1n) is 5.19. The molecule has 1 saturated carbocycles. The Morgan fingerprint density at radius 1 is 1.69 bits per heavy atom. The first-order chi connectivity index (χ1) is 6.24. The molecule has 1 amide bonds. The number of likely N-dealkylation sites (N-methyl/N-ethyl adjacent to an activating group) is 1. The Labute approximate surface area is 79.5 Å². The maximum absolute atomic E-state index is 11.8. The number of likely N-dealkylation sites (tertiary alicyclic amines) is 1. The Morgan fingerprint density at radius 2 is 2.46 bits per heavy atom. The van der Waals surface area contributed by atoms with Crippen LogP contribution in [0.5, 0.6) is 0 Å². The predicted molar refractivity (Wildman–Crippen MR) is 51.3 cm³/mol. The molecule has 2 aliphatic rings. The van der Waals surface area contributed by atoms with E-state index in [4.69, 9.17) is 0 Å². The van der Waals surface area contributed by atoms with Crippen molar-refractivity contribution in [1.82, 2.24) is 10.2 Å². The molecule has 1 aliphatic heterocycles. The normalized spacial score (nSPS) is 34.3. The zero-order chi connectivity index (χ0) is 9.42. The van der Waals surface area contributed by atoms with E-state index >= 15 is 0 Å². The first-order valence-corrected chi connectivity index (χ1v) is 5.19. The van der Waals surface area contributed by atoms with E-state index < -0.39 is 0 Å². The van der Waals surface area contributed by atoms with E-state index in [0.717, 1.165) is 25.4 Å². The molecule has 1 saturated heterocycles. The van der Waals surface area contributed by atoms with E-state index in [1.165, 1.54) is 6.42 Å². The minimum absolute atomic E-state index is 0.360. The van der Waals surface area contributed by atoms with Crippen LogP contribution in [0.4, 0.5) is 0 Å². The van der Waals surface area contributed by atoms with Crippen LogP contribution in [0.15, 0.2) is 0 Å². The van der Waals surface area contributed by atoms with Gasteiger partial charge in [-0.1, -0.05) is 0 Å². The highest BCUT2D eigenvalue weighted by molar-refractivity contribution is 5.82. The molecule has 1 aliphatic carbocycles. The van der Waals surface area contributed by atoms with Crippen molar-refractivity contribution in [3.63, 3.8) is 0 Å². The summed E-state index contributed by atoms with van der Waals surface area (Å²) < 4.78 is 0. The van der Waals surface area contributed by atoms with Gasteiger partial charge in [0.15, 0.2) is 0 Å². The third-order valence-electron chi connectivity index (χ3n) is 3.30. The van der Waals surface area contributed by atoms with E-state index in [2.05, 4.69) is 12.2 Å². The minimum Gasteiger partial charge on any atom is -0.338 e. The third kappa shape index (κ3) is 1.57. The van der Waals surface area contributed by atoms with Gasteiger partial charge in [-0.2, -0.15) is 0 Å². The molecule has 0 aromatic heterocycles. The summed E-state index contributed by atoms with van der Waals surface area (Å²) >= 11 is 0. The van der Waals surface area contributed by atoms with Crippen LogP contribution in [0, 0.1) is 11.8 Å². The van der Waals surface area contributed by atoms with Crippen molar-refractivity contribution in [2.75, 3.05) is 20.1 Å². The topological polar surface area (TPSA) is 32.3 Å². The van der Waals surface area contributed by atoms with Crippen LogP contribution >= 0.6 is 0 Å². The van der Waals surface area contributed by atoms with Crippen molar-refractivity contribution in [3.05, 3.63) is 0 Å². The van der Waals surface area contributed by atoms with Crippen LogP contribution in [-0.2, 0) is 4.79 Å². The van der Waals surface area contributed by atoms with Gasteiger partial charge in [-0.25, -0.2) is 0 Å². The second-order valence-corrected chi connectivity index (χ2v) is 4.33. The Hall–Kier alpha value is -0.570. The third-order valence-corrected chi connectivity index (χ3v) is 3.30. The molecule has 3 heteroatoms. The molecule has 0 radical (unpaired) electrons. The summed E-state index contributed by atoms with van der Waals surface area (Å²) in [7, 11) is 1.94. The number of nitrogens with one attached hydrogen (secondary N) is 1. The monoisotopic (exact) mass is 182 g/mol. The van der Waals surface area contributed by atoms with Crippen LogP contribution in [0.2, 0.25) is 0 Å². The molecule has 1 N–H and O–H groups in total. The number of amides is 1. The fourth-order valence-corrected chi connectivity index (χ4v) is 2.34. The van der Waals surface area contributed by atoms with Gasteiger partial charge in [-0.05, 0) is 32.7 Å². The Morgan fingerprint density at radius 3 is 3.15 bits per heavy atom. The maximum Gasteiger partial charge on any atom is 0.226 e. The quantitative estimate of drug-likeness (QED) is 0.688. The molecular weight excluding hydrogens is 164 g/mol. The highest BCUT2D eigenvalue weighted by Gasteiger charge is 2.48. The van der Waals surface area contributed by atoms with E-state index in [-0.39, 0.29) is 0 Å². The molecule has 0 aromatic rings. The van der Waals surface area contributed by atoms with E-state index in [9.17, 15) is 4.79 Å². The zero-order valence-electron chi connectivity index (χ0n) is 8.42. The van der Waals surface area contributed by atoms with Gasteiger partial charge in [0.05, 0.1) is 0 Å². The lowest BCUT2D eigenvalue weighted by atomic mass is 10.1. The fraction of sp³-hybridized carbons (Fsp3) is 0.900. The SMILES string of the molecule is CNCC(C)N1CCC2CC2C1=O. The second kappa shape index (κ2) is 3.29. The van der Waals surface area contributed by atoms with Gasteiger partial charge in [0.25, 0.3) is 0 Å². The van der Waals surface area contributed by atoms with Crippen LogP contribution in [0.3, 0.4) is 0 Å². The lowest BCUT2D eigenvalue weighted by molar-refractivity contribution is -0.136. The number of hydrogen-bond acceptors (Lipinski definition) is 2. The largest absolute Gasteiger partial charge is 0.338 e. The van der Waals surface area contributed by atoms with Gasteiger partial charge >= 0.3 is 0 Å². The molecule has 0 aromatic carbocycles. The average Bonchev–Trinajstić information content (AvgIpc) is 2.84. The highest BCUT2D eigenvalue weighted by atomic mass is 16.2. The molecular formula is C10H18N2O.